The van der Waals surface area contributed by atoms with Gasteiger partial charge >= 0.3 is 0 Å². The topological polar surface area (TPSA) is 52.3 Å². The minimum atomic E-state index is -1.10. The van der Waals surface area contributed by atoms with E-state index in [9.17, 15) is 9.18 Å². The average molecular weight is 251 g/mol. The maximum Gasteiger partial charge on any atom is 0.250 e. The van der Waals surface area contributed by atoms with Crippen molar-refractivity contribution in [3.63, 3.8) is 0 Å². The van der Waals surface area contributed by atoms with Gasteiger partial charge in [-0.05, 0) is 37.5 Å². The highest BCUT2D eigenvalue weighted by Gasteiger charge is 2.57. The number of carbonyl (C=O) groups is 1. The minimum absolute atomic E-state index is 0.304. The number of ether oxygens (including phenoxy) is 1. The van der Waals surface area contributed by atoms with Crippen LogP contribution in [0.3, 0.4) is 0 Å². The lowest BCUT2D eigenvalue weighted by atomic mass is 9.55. The zero-order valence-electron chi connectivity index (χ0n) is 10.7. The fourth-order valence-electron chi connectivity index (χ4n) is 2.89. The van der Waals surface area contributed by atoms with E-state index in [0.717, 1.165) is 24.8 Å². The second-order valence-electron chi connectivity index (χ2n) is 5.05. The first-order valence-electron chi connectivity index (χ1n) is 6.07. The minimum Gasteiger partial charge on any atom is -0.368 e. The van der Waals surface area contributed by atoms with Gasteiger partial charge in [0, 0.05) is 12.5 Å². The van der Waals surface area contributed by atoms with E-state index >= 15 is 0 Å². The van der Waals surface area contributed by atoms with Crippen molar-refractivity contribution >= 4 is 5.91 Å². The zero-order valence-corrected chi connectivity index (χ0v) is 10.7. The van der Waals surface area contributed by atoms with Crippen molar-refractivity contribution in [2.45, 2.75) is 37.2 Å². The Labute approximate surface area is 106 Å². The first-order chi connectivity index (χ1) is 8.46. The molecular weight excluding hydrogens is 233 g/mol. The molecule has 0 spiro atoms. The molecule has 0 radical (unpaired) electrons. The van der Waals surface area contributed by atoms with Crippen LogP contribution in [0.4, 0.5) is 4.39 Å². The summed E-state index contributed by atoms with van der Waals surface area (Å²) in [6.45, 7) is 1.69. The standard InChI is InChI=1S/C14H18FNO2/c1-13(18-2,12(16)17)14(7-4-8-14)10-5-3-6-11(15)9-10/h3,5-6,9H,4,7-8H2,1-2H3,(H2,16,17). The summed E-state index contributed by atoms with van der Waals surface area (Å²) in [6, 6.07) is 6.36. The molecule has 1 aliphatic rings. The number of benzene rings is 1. The van der Waals surface area contributed by atoms with Gasteiger partial charge in [-0.1, -0.05) is 18.6 Å². The molecule has 0 saturated heterocycles. The molecule has 1 aromatic carbocycles. The first kappa shape index (κ1) is 13.0. The SMILES string of the molecule is COC(C)(C(N)=O)C1(c2cccc(F)c2)CCC1. The molecule has 1 unspecified atom stereocenters. The predicted molar refractivity (Wildman–Crippen MR) is 66.5 cm³/mol. The quantitative estimate of drug-likeness (QED) is 0.891. The number of hydrogen-bond acceptors (Lipinski definition) is 2. The predicted octanol–water partition coefficient (Wildman–Crippen LogP) is 2.14. The van der Waals surface area contributed by atoms with E-state index in [1.807, 2.05) is 6.07 Å². The largest absolute Gasteiger partial charge is 0.368 e. The number of nitrogens with two attached hydrogens (primary N) is 1. The van der Waals surface area contributed by atoms with Gasteiger partial charge in [-0.2, -0.15) is 0 Å². The van der Waals surface area contributed by atoms with E-state index < -0.39 is 16.9 Å². The number of amides is 1. The summed E-state index contributed by atoms with van der Waals surface area (Å²) in [7, 11) is 1.48. The molecule has 0 aromatic heterocycles. The van der Waals surface area contributed by atoms with Crippen LogP contribution < -0.4 is 5.73 Å². The molecule has 4 heteroatoms. The van der Waals surface area contributed by atoms with Crippen LogP contribution in [0.2, 0.25) is 0 Å². The Balaban J connectivity index is 2.52. The number of primary amides is 1. The van der Waals surface area contributed by atoms with Crippen molar-refractivity contribution in [3.8, 4) is 0 Å². The van der Waals surface area contributed by atoms with Gasteiger partial charge in [0.05, 0.1) is 0 Å². The molecule has 2 N–H and O–H groups in total. The number of hydrogen-bond donors (Lipinski definition) is 1. The van der Waals surface area contributed by atoms with Crippen molar-refractivity contribution in [2.24, 2.45) is 5.73 Å². The van der Waals surface area contributed by atoms with Gasteiger partial charge in [-0.25, -0.2) is 4.39 Å². The Hall–Kier alpha value is -1.42. The van der Waals surface area contributed by atoms with Crippen LogP contribution >= 0.6 is 0 Å². The fourth-order valence-corrected chi connectivity index (χ4v) is 2.89. The smallest absolute Gasteiger partial charge is 0.250 e. The first-order valence-corrected chi connectivity index (χ1v) is 6.07. The molecule has 1 aliphatic carbocycles. The monoisotopic (exact) mass is 251 g/mol. The maximum absolute atomic E-state index is 13.4. The lowest BCUT2D eigenvalue weighted by molar-refractivity contribution is -0.154. The molecule has 3 nitrogen and oxygen atoms in total. The van der Waals surface area contributed by atoms with Gasteiger partial charge in [0.2, 0.25) is 5.91 Å². The highest BCUT2D eigenvalue weighted by atomic mass is 19.1. The zero-order chi connectivity index (χ0) is 13.4. The number of rotatable bonds is 4. The third kappa shape index (κ3) is 1.63. The lowest BCUT2D eigenvalue weighted by Gasteiger charge is -2.52. The Morgan fingerprint density at radius 3 is 2.56 bits per heavy atom. The third-order valence-corrected chi connectivity index (χ3v) is 4.38. The van der Waals surface area contributed by atoms with Crippen molar-refractivity contribution in [1.82, 2.24) is 0 Å². The van der Waals surface area contributed by atoms with Crippen LogP contribution in [0.25, 0.3) is 0 Å². The van der Waals surface area contributed by atoms with E-state index in [0.29, 0.717) is 0 Å². The second kappa shape index (κ2) is 4.35. The van der Waals surface area contributed by atoms with E-state index in [2.05, 4.69) is 0 Å². The van der Waals surface area contributed by atoms with E-state index in [-0.39, 0.29) is 5.82 Å². The van der Waals surface area contributed by atoms with Gasteiger partial charge in [0.25, 0.3) is 0 Å². The maximum atomic E-state index is 13.4. The molecule has 0 heterocycles. The summed E-state index contributed by atoms with van der Waals surface area (Å²) in [6.07, 6.45) is 2.55. The summed E-state index contributed by atoms with van der Waals surface area (Å²) < 4.78 is 18.8. The molecule has 1 fully saturated rings. The van der Waals surface area contributed by atoms with Crippen molar-refractivity contribution in [1.29, 1.82) is 0 Å². The van der Waals surface area contributed by atoms with Crippen LogP contribution in [0.5, 0.6) is 0 Å². The van der Waals surface area contributed by atoms with E-state index in [1.54, 1.807) is 13.0 Å². The molecule has 18 heavy (non-hydrogen) atoms. The molecule has 1 aromatic rings. The third-order valence-electron chi connectivity index (χ3n) is 4.38. The Morgan fingerprint density at radius 1 is 1.50 bits per heavy atom. The number of methoxy groups -OCH3 is 1. The summed E-state index contributed by atoms with van der Waals surface area (Å²) in [5.74, 6) is -0.810. The molecule has 1 saturated carbocycles. The molecule has 1 atom stereocenters. The second-order valence-corrected chi connectivity index (χ2v) is 5.05. The van der Waals surface area contributed by atoms with Gasteiger partial charge in [0.1, 0.15) is 5.82 Å². The van der Waals surface area contributed by atoms with Crippen molar-refractivity contribution in [2.75, 3.05) is 7.11 Å². The molecular formula is C14H18FNO2. The van der Waals surface area contributed by atoms with E-state index in [4.69, 9.17) is 10.5 Å². The van der Waals surface area contributed by atoms with E-state index in [1.165, 1.54) is 19.2 Å². The van der Waals surface area contributed by atoms with Gasteiger partial charge in [-0.15, -0.1) is 0 Å². The molecule has 2 rings (SSSR count). The van der Waals surface area contributed by atoms with Crippen molar-refractivity contribution < 1.29 is 13.9 Å². The normalized spacial score (nSPS) is 20.8. The lowest BCUT2D eigenvalue weighted by Crippen LogP contribution is -2.62. The summed E-state index contributed by atoms with van der Waals surface area (Å²) in [5, 5.41) is 0. The molecule has 0 aliphatic heterocycles. The van der Waals surface area contributed by atoms with Crippen molar-refractivity contribution in [3.05, 3.63) is 35.6 Å². The van der Waals surface area contributed by atoms with Crippen LogP contribution in [0.15, 0.2) is 24.3 Å². The van der Waals surface area contributed by atoms with Crippen LogP contribution in [0, 0.1) is 5.82 Å². The Bertz CT molecular complexity index is 471. The van der Waals surface area contributed by atoms with Crippen LogP contribution in [0.1, 0.15) is 31.7 Å². The van der Waals surface area contributed by atoms with Gasteiger partial charge < -0.3 is 10.5 Å². The average Bonchev–Trinajstić information content (AvgIpc) is 2.27. The number of halogens is 1. The summed E-state index contributed by atoms with van der Waals surface area (Å²) >= 11 is 0. The Morgan fingerprint density at radius 2 is 2.17 bits per heavy atom. The summed E-state index contributed by atoms with van der Waals surface area (Å²) in [5.41, 5.74) is 4.68. The van der Waals surface area contributed by atoms with Gasteiger partial charge in [-0.3, -0.25) is 4.79 Å². The highest BCUT2D eigenvalue weighted by Crippen LogP contribution is 2.52. The fraction of sp³-hybridized carbons (Fsp3) is 0.500. The summed E-state index contributed by atoms with van der Waals surface area (Å²) in [4.78, 5) is 11.8. The number of carbonyl (C=O) groups excluding carboxylic acids is 1. The highest BCUT2D eigenvalue weighted by molar-refractivity contribution is 5.85. The molecule has 0 bridgehead atoms. The van der Waals surface area contributed by atoms with Gasteiger partial charge in [0.15, 0.2) is 5.60 Å². The molecule has 98 valence electrons. The van der Waals surface area contributed by atoms with Crippen LogP contribution in [-0.4, -0.2) is 18.6 Å². The molecule has 1 amide bonds. The van der Waals surface area contributed by atoms with Crippen LogP contribution in [-0.2, 0) is 14.9 Å². The Kier molecular flexibility index (Phi) is 3.15.